The zero-order chi connectivity index (χ0) is 27.6. The van der Waals surface area contributed by atoms with Gasteiger partial charge in [-0.25, -0.2) is 0 Å². The molecule has 6 rings (SSSR count). The second-order valence-electron chi connectivity index (χ2n) is 10.5. The van der Waals surface area contributed by atoms with Crippen LogP contribution < -0.4 is 16.0 Å². The largest absolute Gasteiger partial charge is 0.398 e. The van der Waals surface area contributed by atoms with Gasteiger partial charge in [-0.3, -0.25) is 24.8 Å². The van der Waals surface area contributed by atoms with Crippen molar-refractivity contribution in [3.8, 4) is 0 Å². The van der Waals surface area contributed by atoms with E-state index in [1.807, 2.05) is 42.5 Å². The number of benzene rings is 3. The second kappa shape index (κ2) is 10.9. The van der Waals surface area contributed by atoms with Gasteiger partial charge in [-0.05, 0) is 73.2 Å². The number of nitrogens with two attached hydrogens (primary N) is 1. The van der Waals surface area contributed by atoms with Crippen molar-refractivity contribution in [3.63, 3.8) is 0 Å². The summed E-state index contributed by atoms with van der Waals surface area (Å²) in [6.45, 7) is 3.94. The Morgan fingerprint density at radius 3 is 2.50 bits per heavy atom. The lowest BCUT2D eigenvalue weighted by atomic mass is 9.93. The highest BCUT2D eigenvalue weighted by Crippen LogP contribution is 2.32. The summed E-state index contributed by atoms with van der Waals surface area (Å²) in [5.41, 5.74) is 13.9. The number of nitrogen functional groups attached to an aromatic ring is 1. The number of amides is 1. The lowest BCUT2D eigenvalue weighted by Crippen LogP contribution is -2.46. The maximum atomic E-state index is 13.4. The minimum Gasteiger partial charge on any atom is -0.398 e. The third-order valence-corrected chi connectivity index (χ3v) is 8.02. The van der Waals surface area contributed by atoms with E-state index < -0.39 is 0 Å². The van der Waals surface area contributed by atoms with Crippen LogP contribution in [-0.4, -0.2) is 46.9 Å². The lowest BCUT2D eigenvalue weighted by molar-refractivity contribution is -0.384. The molecule has 0 atom stereocenters. The summed E-state index contributed by atoms with van der Waals surface area (Å²) < 4.78 is 0. The van der Waals surface area contributed by atoms with Gasteiger partial charge in [-0.2, -0.15) is 0 Å². The molecule has 0 bridgehead atoms. The highest BCUT2D eigenvalue weighted by Gasteiger charge is 2.21. The fourth-order valence-corrected chi connectivity index (χ4v) is 5.81. The third kappa shape index (κ3) is 5.20. The first-order valence-electron chi connectivity index (χ1n) is 13.8. The van der Waals surface area contributed by atoms with E-state index in [4.69, 9.17) is 10.7 Å². The smallest absolute Gasteiger partial charge is 0.269 e. The van der Waals surface area contributed by atoms with E-state index in [2.05, 4.69) is 15.1 Å². The topological polar surface area (TPSA) is 118 Å². The summed E-state index contributed by atoms with van der Waals surface area (Å²) in [6, 6.07) is 20.2. The van der Waals surface area contributed by atoms with E-state index >= 15 is 0 Å². The number of carbonyl (C=O) groups is 1. The first kappa shape index (κ1) is 25.8. The Morgan fingerprint density at radius 2 is 1.73 bits per heavy atom. The number of aryl methyl sites for hydroxylation is 1. The lowest BCUT2D eigenvalue weighted by Gasteiger charge is -2.36. The molecule has 9 nitrogen and oxygen atoms in total. The quantitative estimate of drug-likeness (QED) is 0.258. The monoisotopic (exact) mass is 536 g/mol. The highest BCUT2D eigenvalue weighted by molar-refractivity contribution is 6.06. The Hall–Kier alpha value is -4.50. The predicted octanol–water partition coefficient (Wildman–Crippen LogP) is 5.18. The number of hydrogen-bond acceptors (Lipinski definition) is 7. The van der Waals surface area contributed by atoms with Crippen LogP contribution in [0.15, 0.2) is 66.7 Å². The van der Waals surface area contributed by atoms with E-state index in [1.165, 1.54) is 0 Å². The number of anilines is 3. The number of carbonyl (C=O) groups excluding carboxylic acids is 1. The first-order chi connectivity index (χ1) is 19.5. The fraction of sp³-hybridized carbons (Fsp3) is 0.290. The number of hydrogen-bond donors (Lipinski definition) is 2. The van der Waals surface area contributed by atoms with Crippen molar-refractivity contribution in [3.05, 3.63) is 99.2 Å². The molecule has 4 aromatic rings. The number of nitro benzene ring substituents is 1. The van der Waals surface area contributed by atoms with Gasteiger partial charge in [0.1, 0.15) is 0 Å². The maximum absolute atomic E-state index is 13.4. The molecule has 1 aliphatic heterocycles. The standard InChI is InChI=1S/C31H32N6O3/c32-30-26-7-3-4-8-28(26)34-29-14-9-22(19-27(29)30)33-31(38)25-6-2-1-5-21(25)20-35-15-17-36(18-16-35)23-10-12-24(13-11-23)37(39)40/h1-2,5-6,9-14,19H,3-4,7-8,15-18,20H2,(H2,32,34)(H,33,38). The highest BCUT2D eigenvalue weighted by atomic mass is 16.6. The Labute approximate surface area is 232 Å². The van der Waals surface area contributed by atoms with Gasteiger partial charge in [0.2, 0.25) is 0 Å². The fourth-order valence-electron chi connectivity index (χ4n) is 5.81. The molecule has 2 heterocycles. The van der Waals surface area contributed by atoms with Crippen molar-refractivity contribution < 1.29 is 9.72 Å². The molecular weight excluding hydrogens is 504 g/mol. The van der Waals surface area contributed by atoms with Gasteiger partial charge in [0.15, 0.2) is 0 Å². The van der Waals surface area contributed by atoms with Crippen LogP contribution in [0.25, 0.3) is 10.9 Å². The summed E-state index contributed by atoms with van der Waals surface area (Å²) in [4.78, 5) is 33.4. The minimum atomic E-state index is -0.381. The van der Waals surface area contributed by atoms with Crippen molar-refractivity contribution in [2.24, 2.45) is 0 Å². The van der Waals surface area contributed by atoms with Gasteiger partial charge < -0.3 is 16.0 Å². The zero-order valence-electron chi connectivity index (χ0n) is 22.3. The molecular formula is C31H32N6O3. The molecule has 0 unspecified atom stereocenters. The molecule has 3 aromatic carbocycles. The molecule has 2 aliphatic rings. The minimum absolute atomic E-state index is 0.0972. The molecule has 40 heavy (non-hydrogen) atoms. The molecule has 0 saturated carbocycles. The van der Waals surface area contributed by atoms with Crippen molar-refractivity contribution in [1.82, 2.24) is 9.88 Å². The number of nitrogens with one attached hydrogen (secondary N) is 1. The Bertz CT molecular complexity index is 1580. The zero-order valence-corrected chi connectivity index (χ0v) is 22.3. The van der Waals surface area contributed by atoms with Gasteiger partial charge in [-0.15, -0.1) is 0 Å². The van der Waals surface area contributed by atoms with Crippen LogP contribution in [0.4, 0.5) is 22.7 Å². The van der Waals surface area contributed by atoms with Crippen LogP contribution in [0.3, 0.4) is 0 Å². The van der Waals surface area contributed by atoms with E-state index in [-0.39, 0.29) is 16.5 Å². The van der Waals surface area contributed by atoms with E-state index in [0.717, 1.165) is 91.0 Å². The van der Waals surface area contributed by atoms with Crippen molar-refractivity contribution >= 4 is 39.6 Å². The summed E-state index contributed by atoms with van der Waals surface area (Å²) in [5.74, 6) is -0.149. The summed E-state index contributed by atoms with van der Waals surface area (Å²) in [5, 5.41) is 14.9. The normalized spacial score (nSPS) is 15.6. The van der Waals surface area contributed by atoms with Crippen molar-refractivity contribution in [1.29, 1.82) is 0 Å². The van der Waals surface area contributed by atoms with E-state index in [0.29, 0.717) is 17.8 Å². The van der Waals surface area contributed by atoms with Crippen LogP contribution in [0.5, 0.6) is 0 Å². The Kier molecular flexibility index (Phi) is 7.04. The number of pyridine rings is 1. The molecule has 3 N–H and O–H groups in total. The van der Waals surface area contributed by atoms with Gasteiger partial charge in [0, 0.05) is 78.6 Å². The van der Waals surface area contributed by atoms with E-state index in [1.54, 1.807) is 24.3 Å². The summed E-state index contributed by atoms with van der Waals surface area (Å²) >= 11 is 0. The number of nitrogens with zero attached hydrogens (tertiary/aromatic N) is 4. The molecule has 9 heteroatoms. The molecule has 1 aromatic heterocycles. The van der Waals surface area contributed by atoms with E-state index in [9.17, 15) is 14.9 Å². The number of nitro groups is 1. The van der Waals surface area contributed by atoms with Gasteiger partial charge in [0.05, 0.1) is 10.4 Å². The third-order valence-electron chi connectivity index (χ3n) is 8.02. The average Bonchev–Trinajstić information content (AvgIpc) is 2.98. The number of rotatable bonds is 6. The number of piperazine rings is 1. The van der Waals surface area contributed by atoms with Crippen LogP contribution in [0.1, 0.15) is 40.0 Å². The maximum Gasteiger partial charge on any atom is 0.269 e. The molecule has 1 amide bonds. The van der Waals surface area contributed by atoms with Crippen molar-refractivity contribution in [2.75, 3.05) is 42.1 Å². The summed E-state index contributed by atoms with van der Waals surface area (Å²) in [6.07, 6.45) is 4.20. The Morgan fingerprint density at radius 1 is 0.975 bits per heavy atom. The van der Waals surface area contributed by atoms with Gasteiger partial charge in [0.25, 0.3) is 11.6 Å². The van der Waals surface area contributed by atoms with Crippen molar-refractivity contribution in [2.45, 2.75) is 32.2 Å². The van der Waals surface area contributed by atoms with Gasteiger partial charge >= 0.3 is 0 Å². The summed E-state index contributed by atoms with van der Waals surface area (Å²) in [7, 11) is 0. The van der Waals surface area contributed by atoms with Crippen LogP contribution >= 0.6 is 0 Å². The second-order valence-corrected chi connectivity index (χ2v) is 10.5. The number of non-ortho nitro benzene ring substituents is 1. The molecule has 204 valence electrons. The molecule has 0 spiro atoms. The van der Waals surface area contributed by atoms with Crippen LogP contribution in [-0.2, 0) is 19.4 Å². The van der Waals surface area contributed by atoms with Crippen LogP contribution in [0, 0.1) is 10.1 Å². The first-order valence-corrected chi connectivity index (χ1v) is 13.8. The SMILES string of the molecule is Nc1c2c(nc3ccc(NC(=O)c4ccccc4CN4CCN(c5ccc([N+](=O)[O-])cc5)CC4)cc13)CCCC2. The molecule has 0 radical (unpaired) electrons. The molecule has 1 aliphatic carbocycles. The molecule has 1 fully saturated rings. The predicted molar refractivity (Wildman–Crippen MR) is 158 cm³/mol. The molecule has 1 saturated heterocycles. The van der Waals surface area contributed by atoms with Crippen LogP contribution in [0.2, 0.25) is 0 Å². The average molecular weight is 537 g/mol. The van der Waals surface area contributed by atoms with Gasteiger partial charge in [-0.1, -0.05) is 18.2 Å². The number of aromatic nitrogens is 1. The Balaban J connectivity index is 1.13. The number of fused-ring (bicyclic) bond motifs is 2.